The molecular weight excluding hydrogens is 176 g/mol. The molecule has 0 spiro atoms. The van der Waals surface area contributed by atoms with Crippen LogP contribution >= 0.6 is 11.8 Å². The number of Topliss-reactive ketones (excluding diaryl/α,β-unsaturated/α-hetero) is 1. The zero-order valence-corrected chi connectivity index (χ0v) is 7.89. The maximum absolute atomic E-state index is 11.0. The van der Waals surface area contributed by atoms with E-state index in [0.717, 1.165) is 5.75 Å². The normalized spacial score (nSPS) is 12.5. The van der Waals surface area contributed by atoms with Crippen LogP contribution in [0, 0.1) is 0 Å². The lowest BCUT2D eigenvalue weighted by Gasteiger charge is -2.07. The Morgan fingerprint density at radius 3 is 2.50 bits per heavy atom. The molecule has 0 aliphatic carbocycles. The molecule has 0 aliphatic rings. The van der Waals surface area contributed by atoms with Crippen molar-refractivity contribution in [2.75, 3.05) is 12.0 Å². The molecule has 12 heavy (non-hydrogen) atoms. The van der Waals surface area contributed by atoms with Gasteiger partial charge in [0, 0.05) is 0 Å². The molecule has 0 saturated carbocycles. The van der Waals surface area contributed by atoms with Crippen molar-refractivity contribution >= 4 is 23.5 Å². The van der Waals surface area contributed by atoms with Gasteiger partial charge in [-0.2, -0.15) is 11.8 Å². The van der Waals surface area contributed by atoms with Gasteiger partial charge in [-0.1, -0.05) is 0 Å². The largest absolute Gasteiger partial charge is 0.369 e. The third-order valence-electron chi connectivity index (χ3n) is 1.40. The molecule has 5 heteroatoms. The van der Waals surface area contributed by atoms with Crippen molar-refractivity contribution in [2.24, 2.45) is 11.5 Å². The van der Waals surface area contributed by atoms with Crippen LogP contribution in [0.5, 0.6) is 0 Å². The minimum absolute atomic E-state index is 0.241. The van der Waals surface area contributed by atoms with E-state index in [2.05, 4.69) is 0 Å². The Hall–Kier alpha value is -0.550. The van der Waals surface area contributed by atoms with E-state index in [4.69, 9.17) is 11.5 Å². The van der Waals surface area contributed by atoms with Crippen LogP contribution in [0.2, 0.25) is 0 Å². The quantitative estimate of drug-likeness (QED) is 0.553. The van der Waals surface area contributed by atoms with Crippen LogP contribution in [0.25, 0.3) is 0 Å². The molecule has 0 radical (unpaired) electrons. The summed E-state index contributed by atoms with van der Waals surface area (Å²) in [5.41, 5.74) is 10.3. The molecule has 0 aromatic carbocycles. The minimum Gasteiger partial charge on any atom is -0.369 e. The van der Waals surface area contributed by atoms with Gasteiger partial charge in [0.2, 0.25) is 5.91 Å². The van der Waals surface area contributed by atoms with E-state index in [1.165, 1.54) is 0 Å². The van der Waals surface area contributed by atoms with E-state index < -0.39 is 11.9 Å². The SMILES string of the molecule is CSCC[C@H](N)C(=O)CC(N)=O. The van der Waals surface area contributed by atoms with Gasteiger partial charge in [-0.15, -0.1) is 0 Å². The molecule has 0 saturated heterocycles. The highest BCUT2D eigenvalue weighted by Crippen LogP contribution is 2.00. The predicted molar refractivity (Wildman–Crippen MR) is 49.8 cm³/mol. The lowest BCUT2D eigenvalue weighted by atomic mass is 10.1. The monoisotopic (exact) mass is 190 g/mol. The van der Waals surface area contributed by atoms with Gasteiger partial charge in [0.15, 0.2) is 5.78 Å². The second kappa shape index (κ2) is 6.02. The molecule has 0 aliphatic heterocycles. The summed E-state index contributed by atoms with van der Waals surface area (Å²) in [6.45, 7) is 0. The lowest BCUT2D eigenvalue weighted by molar-refractivity contribution is -0.127. The molecular formula is C7H14N2O2S. The zero-order valence-electron chi connectivity index (χ0n) is 7.08. The fourth-order valence-corrected chi connectivity index (χ4v) is 1.20. The fraction of sp³-hybridized carbons (Fsp3) is 0.714. The van der Waals surface area contributed by atoms with E-state index in [1.807, 2.05) is 6.26 Å². The van der Waals surface area contributed by atoms with Crippen molar-refractivity contribution < 1.29 is 9.59 Å². The van der Waals surface area contributed by atoms with Gasteiger partial charge in [0.1, 0.15) is 0 Å². The van der Waals surface area contributed by atoms with E-state index in [0.29, 0.717) is 6.42 Å². The number of carbonyl (C=O) groups is 2. The van der Waals surface area contributed by atoms with E-state index in [1.54, 1.807) is 11.8 Å². The smallest absolute Gasteiger partial charge is 0.224 e. The van der Waals surface area contributed by atoms with Crippen LogP contribution < -0.4 is 11.5 Å². The first-order chi connectivity index (χ1) is 5.57. The van der Waals surface area contributed by atoms with Gasteiger partial charge in [-0.25, -0.2) is 0 Å². The Morgan fingerprint density at radius 2 is 2.08 bits per heavy atom. The summed E-state index contributed by atoms with van der Waals surface area (Å²) in [5.74, 6) is -0.0535. The molecule has 0 fully saturated rings. The standard InChI is InChI=1S/C7H14N2O2S/c1-12-3-2-5(8)6(10)4-7(9)11/h5H,2-4,8H2,1H3,(H2,9,11)/t5-/m0/s1. The van der Waals surface area contributed by atoms with Crippen LogP contribution in [0.15, 0.2) is 0 Å². The maximum Gasteiger partial charge on any atom is 0.224 e. The number of rotatable bonds is 6. The molecule has 0 bridgehead atoms. The number of carbonyl (C=O) groups excluding carboxylic acids is 2. The van der Waals surface area contributed by atoms with Crippen LogP contribution in [-0.2, 0) is 9.59 Å². The minimum atomic E-state index is -0.611. The first kappa shape index (κ1) is 11.4. The molecule has 1 amide bonds. The highest BCUT2D eigenvalue weighted by molar-refractivity contribution is 7.98. The van der Waals surface area contributed by atoms with Crippen molar-refractivity contribution in [3.8, 4) is 0 Å². The number of nitrogens with two attached hydrogens (primary N) is 2. The summed E-state index contributed by atoms with van der Waals surface area (Å²) in [7, 11) is 0. The molecule has 0 rings (SSSR count). The number of amides is 1. The van der Waals surface area contributed by atoms with Gasteiger partial charge >= 0.3 is 0 Å². The van der Waals surface area contributed by atoms with E-state index in [9.17, 15) is 9.59 Å². The summed E-state index contributed by atoms with van der Waals surface area (Å²) in [5, 5.41) is 0. The third-order valence-corrected chi connectivity index (χ3v) is 2.04. The molecule has 70 valence electrons. The van der Waals surface area contributed by atoms with Crippen molar-refractivity contribution in [1.82, 2.24) is 0 Å². The fourth-order valence-electron chi connectivity index (χ4n) is 0.709. The Labute approximate surface area is 76.1 Å². The van der Waals surface area contributed by atoms with Crippen molar-refractivity contribution in [2.45, 2.75) is 18.9 Å². The van der Waals surface area contributed by atoms with Gasteiger partial charge < -0.3 is 11.5 Å². The number of ketones is 1. The summed E-state index contributed by atoms with van der Waals surface area (Å²) in [4.78, 5) is 21.4. The number of hydrogen-bond donors (Lipinski definition) is 2. The Balaban J connectivity index is 3.69. The average molecular weight is 190 g/mol. The number of thioether (sulfide) groups is 1. The summed E-state index contributed by atoms with van der Waals surface area (Å²) in [6.07, 6.45) is 2.30. The number of hydrogen-bond acceptors (Lipinski definition) is 4. The molecule has 4 N–H and O–H groups in total. The Kier molecular flexibility index (Phi) is 5.74. The van der Waals surface area contributed by atoms with Crippen LogP contribution in [-0.4, -0.2) is 29.7 Å². The van der Waals surface area contributed by atoms with Gasteiger partial charge in [0.25, 0.3) is 0 Å². The zero-order chi connectivity index (χ0) is 9.56. The topological polar surface area (TPSA) is 86.2 Å². The number of primary amides is 1. The van der Waals surface area contributed by atoms with Crippen LogP contribution in [0.3, 0.4) is 0 Å². The third kappa shape index (κ3) is 5.15. The van der Waals surface area contributed by atoms with Crippen molar-refractivity contribution in [3.05, 3.63) is 0 Å². The van der Waals surface area contributed by atoms with Gasteiger partial charge in [0.05, 0.1) is 12.5 Å². The van der Waals surface area contributed by atoms with Crippen molar-refractivity contribution in [1.29, 1.82) is 0 Å². The van der Waals surface area contributed by atoms with Gasteiger partial charge in [-0.05, 0) is 18.4 Å². The summed E-state index contributed by atoms with van der Waals surface area (Å²) < 4.78 is 0. The average Bonchev–Trinajstić information content (AvgIpc) is 1.98. The molecule has 0 unspecified atom stereocenters. The highest BCUT2D eigenvalue weighted by Gasteiger charge is 2.14. The first-order valence-electron chi connectivity index (χ1n) is 3.63. The lowest BCUT2D eigenvalue weighted by Crippen LogP contribution is -2.33. The van der Waals surface area contributed by atoms with E-state index >= 15 is 0 Å². The maximum atomic E-state index is 11.0. The summed E-state index contributed by atoms with van der Waals surface area (Å²) >= 11 is 1.62. The Bertz CT molecular complexity index is 173. The van der Waals surface area contributed by atoms with E-state index in [-0.39, 0.29) is 12.2 Å². The molecule has 0 heterocycles. The molecule has 4 nitrogen and oxygen atoms in total. The first-order valence-corrected chi connectivity index (χ1v) is 5.03. The van der Waals surface area contributed by atoms with Crippen LogP contribution in [0.4, 0.5) is 0 Å². The molecule has 0 aromatic heterocycles. The molecule has 1 atom stereocenters. The van der Waals surface area contributed by atoms with Crippen LogP contribution in [0.1, 0.15) is 12.8 Å². The van der Waals surface area contributed by atoms with Gasteiger partial charge in [-0.3, -0.25) is 9.59 Å². The summed E-state index contributed by atoms with van der Waals surface area (Å²) in [6, 6.07) is -0.537. The second-order valence-corrected chi connectivity index (χ2v) is 3.48. The van der Waals surface area contributed by atoms with Crippen molar-refractivity contribution in [3.63, 3.8) is 0 Å². The predicted octanol–water partition coefficient (Wildman–Crippen LogP) is -0.489. The molecule has 0 aromatic rings. The Morgan fingerprint density at radius 1 is 1.50 bits per heavy atom. The second-order valence-electron chi connectivity index (χ2n) is 2.50. The highest BCUT2D eigenvalue weighted by atomic mass is 32.2.